The maximum atomic E-state index is 11.4. The van der Waals surface area contributed by atoms with E-state index in [-0.39, 0.29) is 19.1 Å². The fraction of sp³-hybridized carbons (Fsp3) is 0.273. The summed E-state index contributed by atoms with van der Waals surface area (Å²) in [5.74, 6) is 1.24. The van der Waals surface area contributed by atoms with Gasteiger partial charge in [-0.25, -0.2) is 13.1 Å². The molecule has 1 aromatic rings. The van der Waals surface area contributed by atoms with Crippen molar-refractivity contribution in [3.8, 4) is 11.5 Å². The number of nitrogens with one attached hydrogen (secondary N) is 1. The maximum Gasteiger partial charge on any atom is 0.231 e. The highest BCUT2D eigenvalue weighted by Crippen LogP contribution is 2.32. The minimum absolute atomic E-state index is 0.0858. The molecule has 1 heterocycles. The van der Waals surface area contributed by atoms with Crippen LogP contribution in [0.2, 0.25) is 0 Å². The van der Waals surface area contributed by atoms with Crippen LogP contribution in [0.15, 0.2) is 30.9 Å². The van der Waals surface area contributed by atoms with Gasteiger partial charge in [0, 0.05) is 6.54 Å². The number of fused-ring (bicyclic) bond motifs is 1. The van der Waals surface area contributed by atoms with Crippen LogP contribution in [0.5, 0.6) is 11.5 Å². The minimum atomic E-state index is -3.28. The van der Waals surface area contributed by atoms with Gasteiger partial charge in [0.2, 0.25) is 16.8 Å². The summed E-state index contributed by atoms with van der Waals surface area (Å²) in [6, 6.07) is 5.32. The number of ether oxygens (including phenoxy) is 2. The van der Waals surface area contributed by atoms with Crippen LogP contribution >= 0.6 is 0 Å². The molecule has 5 nitrogen and oxygen atoms in total. The van der Waals surface area contributed by atoms with Gasteiger partial charge in [0.15, 0.2) is 11.5 Å². The van der Waals surface area contributed by atoms with Gasteiger partial charge in [-0.05, 0) is 17.7 Å². The van der Waals surface area contributed by atoms with Crippen LogP contribution < -0.4 is 14.2 Å². The van der Waals surface area contributed by atoms with Crippen LogP contribution in [-0.2, 0) is 16.6 Å². The average molecular weight is 255 g/mol. The second kappa shape index (κ2) is 4.77. The smallest absolute Gasteiger partial charge is 0.231 e. The molecule has 0 aromatic heterocycles. The molecular weight excluding hydrogens is 242 g/mol. The number of hydrogen-bond donors (Lipinski definition) is 1. The molecule has 0 saturated heterocycles. The van der Waals surface area contributed by atoms with E-state index in [4.69, 9.17) is 9.47 Å². The second-order valence-corrected chi connectivity index (χ2v) is 5.43. The third kappa shape index (κ3) is 2.98. The summed E-state index contributed by atoms with van der Waals surface area (Å²) in [6.45, 7) is 3.83. The van der Waals surface area contributed by atoms with E-state index in [0.29, 0.717) is 11.5 Å². The van der Waals surface area contributed by atoms with Gasteiger partial charge >= 0.3 is 0 Å². The van der Waals surface area contributed by atoms with Crippen LogP contribution in [-0.4, -0.2) is 21.0 Å². The molecule has 2 rings (SSSR count). The van der Waals surface area contributed by atoms with Gasteiger partial charge in [0.1, 0.15) is 0 Å². The Morgan fingerprint density at radius 3 is 2.88 bits per heavy atom. The molecule has 0 fully saturated rings. The van der Waals surface area contributed by atoms with Crippen molar-refractivity contribution in [3.63, 3.8) is 0 Å². The lowest BCUT2D eigenvalue weighted by molar-refractivity contribution is 0.174. The third-order valence-corrected chi connectivity index (χ3v) is 3.53. The monoisotopic (exact) mass is 255 g/mol. The Bertz CT molecular complexity index is 524. The third-order valence-electron chi connectivity index (χ3n) is 2.27. The lowest BCUT2D eigenvalue weighted by atomic mass is 10.2. The Morgan fingerprint density at radius 2 is 2.12 bits per heavy atom. The highest BCUT2D eigenvalue weighted by molar-refractivity contribution is 7.89. The van der Waals surface area contributed by atoms with Crippen LogP contribution in [0, 0.1) is 0 Å². The highest BCUT2D eigenvalue weighted by Gasteiger charge is 2.14. The van der Waals surface area contributed by atoms with Crippen molar-refractivity contribution in [1.82, 2.24) is 4.72 Å². The van der Waals surface area contributed by atoms with Crippen molar-refractivity contribution in [2.45, 2.75) is 6.54 Å². The molecule has 1 aliphatic heterocycles. The SMILES string of the molecule is C=CCS(=O)(=O)NCc1ccc2c(c1)OCO2. The normalized spacial score (nSPS) is 13.6. The molecule has 1 N–H and O–H groups in total. The Balaban J connectivity index is 2.03. The van der Waals surface area contributed by atoms with Crippen molar-refractivity contribution in [3.05, 3.63) is 36.4 Å². The van der Waals surface area contributed by atoms with Gasteiger partial charge in [0.05, 0.1) is 5.75 Å². The van der Waals surface area contributed by atoms with E-state index in [1.165, 1.54) is 6.08 Å². The predicted octanol–water partition coefficient (Wildman–Crippen LogP) is 1.02. The zero-order chi connectivity index (χ0) is 12.3. The quantitative estimate of drug-likeness (QED) is 0.798. The summed E-state index contributed by atoms with van der Waals surface area (Å²) in [5, 5.41) is 0. The minimum Gasteiger partial charge on any atom is -0.454 e. The molecule has 0 atom stereocenters. The van der Waals surface area contributed by atoms with Gasteiger partial charge in [-0.15, -0.1) is 6.58 Å². The number of sulfonamides is 1. The molecule has 1 aliphatic rings. The van der Waals surface area contributed by atoms with Crippen LogP contribution in [0.1, 0.15) is 5.56 Å². The average Bonchev–Trinajstić information content (AvgIpc) is 2.73. The molecule has 0 saturated carbocycles. The van der Waals surface area contributed by atoms with Gasteiger partial charge in [-0.2, -0.15) is 0 Å². The maximum absolute atomic E-state index is 11.4. The van der Waals surface area contributed by atoms with E-state index in [2.05, 4.69) is 11.3 Å². The van der Waals surface area contributed by atoms with Crippen LogP contribution in [0.4, 0.5) is 0 Å². The summed E-state index contributed by atoms with van der Waals surface area (Å²) in [4.78, 5) is 0. The summed E-state index contributed by atoms with van der Waals surface area (Å²) >= 11 is 0. The van der Waals surface area contributed by atoms with Crippen molar-refractivity contribution >= 4 is 10.0 Å². The van der Waals surface area contributed by atoms with E-state index >= 15 is 0 Å². The van der Waals surface area contributed by atoms with Crippen molar-refractivity contribution < 1.29 is 17.9 Å². The second-order valence-electron chi connectivity index (χ2n) is 3.58. The van der Waals surface area contributed by atoms with Crippen LogP contribution in [0.25, 0.3) is 0 Å². The number of benzene rings is 1. The fourth-order valence-electron chi connectivity index (χ4n) is 1.46. The van der Waals surface area contributed by atoms with Crippen LogP contribution in [0.3, 0.4) is 0 Å². The van der Waals surface area contributed by atoms with E-state index in [1.807, 2.05) is 0 Å². The first kappa shape index (κ1) is 11.9. The molecule has 92 valence electrons. The Hall–Kier alpha value is -1.53. The van der Waals surface area contributed by atoms with Crippen molar-refractivity contribution in [1.29, 1.82) is 0 Å². The standard InChI is InChI=1S/C11H13NO4S/c1-2-5-17(13,14)12-7-9-3-4-10-11(6-9)16-8-15-10/h2-4,6,12H,1,5,7-8H2. The molecule has 0 aliphatic carbocycles. The molecule has 1 aromatic carbocycles. The zero-order valence-corrected chi connectivity index (χ0v) is 10.00. The highest BCUT2D eigenvalue weighted by atomic mass is 32.2. The van der Waals surface area contributed by atoms with Crippen molar-refractivity contribution in [2.75, 3.05) is 12.5 Å². The first-order valence-corrected chi connectivity index (χ1v) is 6.73. The molecule has 0 unspecified atom stereocenters. The summed E-state index contributed by atoms with van der Waals surface area (Å²) in [5.41, 5.74) is 0.821. The van der Waals surface area contributed by atoms with E-state index in [0.717, 1.165) is 5.56 Å². The summed E-state index contributed by atoms with van der Waals surface area (Å²) in [7, 11) is -3.28. The first-order valence-electron chi connectivity index (χ1n) is 5.07. The van der Waals surface area contributed by atoms with Gasteiger partial charge < -0.3 is 9.47 Å². The van der Waals surface area contributed by atoms with E-state index in [9.17, 15) is 8.42 Å². The lowest BCUT2D eigenvalue weighted by Gasteiger charge is -2.05. The van der Waals surface area contributed by atoms with Gasteiger partial charge in [-0.3, -0.25) is 0 Å². The largest absolute Gasteiger partial charge is 0.454 e. The molecule has 17 heavy (non-hydrogen) atoms. The van der Waals surface area contributed by atoms with Crippen molar-refractivity contribution in [2.24, 2.45) is 0 Å². The lowest BCUT2D eigenvalue weighted by Crippen LogP contribution is -2.24. The molecule has 0 radical (unpaired) electrons. The molecular formula is C11H13NO4S. The number of hydrogen-bond acceptors (Lipinski definition) is 4. The summed E-state index contributed by atoms with van der Waals surface area (Å²) in [6.07, 6.45) is 1.35. The van der Waals surface area contributed by atoms with E-state index < -0.39 is 10.0 Å². The fourth-order valence-corrected chi connectivity index (χ4v) is 2.27. The van der Waals surface area contributed by atoms with Gasteiger partial charge in [0.25, 0.3) is 0 Å². The predicted molar refractivity (Wildman–Crippen MR) is 63.4 cm³/mol. The number of rotatable bonds is 5. The van der Waals surface area contributed by atoms with Gasteiger partial charge in [-0.1, -0.05) is 12.1 Å². The van der Waals surface area contributed by atoms with E-state index in [1.54, 1.807) is 18.2 Å². The Labute approximate surface area is 100 Å². The Morgan fingerprint density at radius 1 is 1.35 bits per heavy atom. The molecule has 0 bridgehead atoms. The zero-order valence-electron chi connectivity index (χ0n) is 9.18. The molecule has 0 amide bonds. The first-order chi connectivity index (χ1) is 8.11. The topological polar surface area (TPSA) is 64.6 Å². The molecule has 6 heteroatoms. The molecule has 0 spiro atoms. The summed E-state index contributed by atoms with van der Waals surface area (Å²) < 4.78 is 35.6. The Kier molecular flexibility index (Phi) is 3.35.